The number of hydrogen-bond acceptors (Lipinski definition) is 3. The van der Waals surface area contributed by atoms with Crippen LogP contribution < -0.4 is 11.0 Å². The van der Waals surface area contributed by atoms with Crippen LogP contribution in [-0.2, 0) is 14.1 Å². The molecule has 6 heteroatoms. The Morgan fingerprint density at radius 3 is 2.19 bits per heavy atom. The minimum absolute atomic E-state index is 0.0399. The minimum atomic E-state index is -0.0399. The molecule has 4 rings (SSSR count). The molecule has 2 aromatic carbocycles. The number of rotatable bonds is 3. The molecule has 1 aliphatic heterocycles. The lowest BCUT2D eigenvalue weighted by molar-refractivity contribution is 0.0793. The van der Waals surface area contributed by atoms with Crippen LogP contribution >= 0.6 is 0 Å². The molecule has 1 aliphatic rings. The summed E-state index contributed by atoms with van der Waals surface area (Å²) in [6, 6.07) is 13.4. The van der Waals surface area contributed by atoms with E-state index < -0.39 is 0 Å². The first kappa shape index (κ1) is 16.4. The quantitative estimate of drug-likeness (QED) is 0.790. The summed E-state index contributed by atoms with van der Waals surface area (Å²) in [6.45, 7) is 1.71. The summed E-state index contributed by atoms with van der Waals surface area (Å²) < 4.78 is 3.27. The van der Waals surface area contributed by atoms with Gasteiger partial charge >= 0.3 is 5.69 Å². The van der Waals surface area contributed by atoms with Crippen LogP contribution in [0.5, 0.6) is 0 Å². The number of carbonyl (C=O) groups excluding carboxylic acids is 1. The smallest absolute Gasteiger partial charge is 0.328 e. The van der Waals surface area contributed by atoms with Gasteiger partial charge in [0.05, 0.1) is 11.0 Å². The molecule has 1 aromatic heterocycles. The molecular formula is C20H22N4O2. The second-order valence-corrected chi connectivity index (χ2v) is 6.81. The molecule has 1 N–H and O–H groups in total. The number of imidazole rings is 1. The molecule has 1 saturated heterocycles. The number of nitrogens with one attached hydrogen (secondary N) is 1. The summed E-state index contributed by atoms with van der Waals surface area (Å²) in [6.07, 6.45) is 2.19. The maximum Gasteiger partial charge on any atom is 0.328 e. The van der Waals surface area contributed by atoms with Gasteiger partial charge in [0, 0.05) is 44.1 Å². The van der Waals surface area contributed by atoms with Gasteiger partial charge in [-0.1, -0.05) is 0 Å². The standard InChI is InChI=1S/C20H22N4O2/c1-22-17-10-9-16(13-18(17)23(2)20(22)26)21-15-7-5-14(6-8-15)19(25)24-11-3-4-12-24/h5-10,13,21H,3-4,11-12H2,1-2H3. The van der Waals surface area contributed by atoms with Gasteiger partial charge in [-0.25, -0.2) is 4.79 Å². The van der Waals surface area contributed by atoms with Crippen molar-refractivity contribution in [2.45, 2.75) is 12.8 Å². The summed E-state index contributed by atoms with van der Waals surface area (Å²) in [5, 5.41) is 3.34. The number of amides is 1. The SMILES string of the molecule is Cn1c(=O)n(C)c2cc(Nc3ccc(C(=O)N4CCCC4)cc3)ccc21. The minimum Gasteiger partial charge on any atom is -0.355 e. The van der Waals surface area contributed by atoms with Gasteiger partial charge in [-0.3, -0.25) is 13.9 Å². The highest BCUT2D eigenvalue weighted by Gasteiger charge is 2.19. The average Bonchev–Trinajstić information content (AvgIpc) is 3.27. The average molecular weight is 350 g/mol. The third-order valence-electron chi connectivity index (χ3n) is 5.09. The largest absolute Gasteiger partial charge is 0.355 e. The molecule has 26 heavy (non-hydrogen) atoms. The Morgan fingerprint density at radius 2 is 1.50 bits per heavy atom. The van der Waals surface area contributed by atoms with Crippen molar-refractivity contribution in [2.24, 2.45) is 14.1 Å². The van der Waals surface area contributed by atoms with E-state index in [0.717, 1.165) is 53.9 Å². The van der Waals surface area contributed by atoms with Gasteiger partial charge in [-0.15, -0.1) is 0 Å². The van der Waals surface area contributed by atoms with Crippen LogP contribution in [0.3, 0.4) is 0 Å². The Morgan fingerprint density at radius 1 is 0.885 bits per heavy atom. The number of carbonyl (C=O) groups is 1. The molecule has 0 aliphatic carbocycles. The van der Waals surface area contributed by atoms with Crippen LogP contribution in [0.25, 0.3) is 11.0 Å². The Balaban J connectivity index is 1.55. The monoisotopic (exact) mass is 350 g/mol. The molecular weight excluding hydrogens is 328 g/mol. The maximum atomic E-state index is 12.4. The van der Waals surface area contributed by atoms with Gasteiger partial charge in [0.25, 0.3) is 5.91 Å². The lowest BCUT2D eigenvalue weighted by atomic mass is 10.1. The number of anilines is 2. The Hall–Kier alpha value is -3.02. The molecule has 1 amide bonds. The van der Waals surface area contributed by atoms with Crippen LogP contribution in [0, 0.1) is 0 Å². The first-order valence-electron chi connectivity index (χ1n) is 8.86. The fraction of sp³-hybridized carbons (Fsp3) is 0.300. The number of fused-ring (bicyclic) bond motifs is 1. The van der Waals surface area contributed by atoms with Crippen molar-refractivity contribution in [1.29, 1.82) is 0 Å². The Kier molecular flexibility index (Phi) is 4.03. The lowest BCUT2D eigenvalue weighted by Crippen LogP contribution is -2.27. The van der Waals surface area contributed by atoms with E-state index in [0.29, 0.717) is 0 Å². The third-order valence-corrected chi connectivity index (χ3v) is 5.09. The zero-order valence-corrected chi connectivity index (χ0v) is 15.0. The summed E-state index contributed by atoms with van der Waals surface area (Å²) in [5.41, 5.74) is 4.26. The predicted octanol–water partition coefficient (Wildman–Crippen LogP) is 2.86. The van der Waals surface area contributed by atoms with Crippen LogP contribution in [0.1, 0.15) is 23.2 Å². The number of benzene rings is 2. The van der Waals surface area contributed by atoms with E-state index in [2.05, 4.69) is 5.32 Å². The van der Waals surface area contributed by atoms with Crippen LogP contribution in [0.4, 0.5) is 11.4 Å². The summed E-state index contributed by atoms with van der Waals surface area (Å²) in [5.74, 6) is 0.106. The zero-order chi connectivity index (χ0) is 18.3. The van der Waals surface area contributed by atoms with Gasteiger partial charge < -0.3 is 10.2 Å². The second kappa shape index (κ2) is 6.37. The highest BCUT2D eigenvalue weighted by atomic mass is 16.2. The third kappa shape index (κ3) is 2.77. The van der Waals surface area contributed by atoms with Crippen LogP contribution in [-0.4, -0.2) is 33.0 Å². The summed E-state index contributed by atoms with van der Waals surface area (Å²) in [4.78, 5) is 26.4. The van der Waals surface area contributed by atoms with Crippen LogP contribution in [0.15, 0.2) is 47.3 Å². The van der Waals surface area contributed by atoms with E-state index in [1.54, 1.807) is 23.2 Å². The molecule has 0 bridgehead atoms. The molecule has 3 aromatic rings. The molecule has 134 valence electrons. The second-order valence-electron chi connectivity index (χ2n) is 6.81. The molecule has 0 unspecified atom stereocenters. The van der Waals surface area contributed by atoms with E-state index >= 15 is 0 Å². The van der Waals surface area contributed by atoms with Gasteiger partial charge in [-0.05, 0) is 55.3 Å². The van der Waals surface area contributed by atoms with Crippen molar-refractivity contribution in [2.75, 3.05) is 18.4 Å². The van der Waals surface area contributed by atoms with Gasteiger partial charge in [0.15, 0.2) is 0 Å². The summed E-state index contributed by atoms with van der Waals surface area (Å²) in [7, 11) is 3.54. The van der Waals surface area contributed by atoms with E-state index in [9.17, 15) is 9.59 Å². The molecule has 0 saturated carbocycles. The number of aromatic nitrogens is 2. The molecule has 0 radical (unpaired) electrons. The van der Waals surface area contributed by atoms with E-state index in [1.165, 1.54) is 0 Å². The summed E-state index contributed by atoms with van der Waals surface area (Å²) >= 11 is 0. The lowest BCUT2D eigenvalue weighted by Gasteiger charge is -2.15. The molecule has 2 heterocycles. The van der Waals surface area contributed by atoms with E-state index in [1.807, 2.05) is 47.4 Å². The van der Waals surface area contributed by atoms with Crippen molar-refractivity contribution in [3.8, 4) is 0 Å². The number of likely N-dealkylation sites (tertiary alicyclic amines) is 1. The Bertz CT molecular complexity index is 1020. The molecule has 0 spiro atoms. The van der Waals surface area contributed by atoms with E-state index in [-0.39, 0.29) is 11.6 Å². The van der Waals surface area contributed by atoms with Gasteiger partial charge in [0.2, 0.25) is 0 Å². The van der Waals surface area contributed by atoms with Crippen molar-refractivity contribution in [3.05, 3.63) is 58.5 Å². The van der Waals surface area contributed by atoms with Crippen molar-refractivity contribution < 1.29 is 4.79 Å². The number of nitrogens with zero attached hydrogens (tertiary/aromatic N) is 3. The van der Waals surface area contributed by atoms with E-state index in [4.69, 9.17) is 0 Å². The molecule has 1 fully saturated rings. The van der Waals surface area contributed by atoms with Gasteiger partial charge in [0.1, 0.15) is 0 Å². The predicted molar refractivity (Wildman–Crippen MR) is 103 cm³/mol. The molecule has 6 nitrogen and oxygen atoms in total. The fourth-order valence-electron chi connectivity index (χ4n) is 3.55. The highest BCUT2D eigenvalue weighted by Crippen LogP contribution is 2.22. The van der Waals surface area contributed by atoms with Crippen LogP contribution in [0.2, 0.25) is 0 Å². The highest BCUT2D eigenvalue weighted by molar-refractivity contribution is 5.94. The maximum absolute atomic E-state index is 12.4. The van der Waals surface area contributed by atoms with Gasteiger partial charge in [-0.2, -0.15) is 0 Å². The van der Waals surface area contributed by atoms with Crippen molar-refractivity contribution in [3.63, 3.8) is 0 Å². The number of hydrogen-bond donors (Lipinski definition) is 1. The van der Waals surface area contributed by atoms with Crippen molar-refractivity contribution in [1.82, 2.24) is 14.0 Å². The normalized spacial score (nSPS) is 14.2. The fourth-order valence-corrected chi connectivity index (χ4v) is 3.55. The first-order valence-corrected chi connectivity index (χ1v) is 8.86. The number of aryl methyl sites for hydroxylation is 2. The topological polar surface area (TPSA) is 59.3 Å². The first-order chi connectivity index (χ1) is 12.5. The Labute approximate surface area is 151 Å². The molecule has 0 atom stereocenters. The van der Waals surface area contributed by atoms with Crippen molar-refractivity contribution >= 4 is 28.3 Å². The zero-order valence-electron chi connectivity index (χ0n) is 15.0.